The molecule has 5 heteroatoms. The van der Waals surface area contributed by atoms with Crippen molar-refractivity contribution in [3.63, 3.8) is 0 Å². The zero-order valence-corrected chi connectivity index (χ0v) is 15.3. The van der Waals surface area contributed by atoms with E-state index >= 15 is 0 Å². The Balaban J connectivity index is 1.55. The highest BCUT2D eigenvalue weighted by Gasteiger charge is 2.18. The molecule has 0 spiro atoms. The molecule has 1 aliphatic rings. The van der Waals surface area contributed by atoms with E-state index in [2.05, 4.69) is 12.7 Å². The molecule has 1 aromatic carbocycles. The molecular formula is C22H20O5. The molecule has 0 saturated carbocycles. The molecule has 27 heavy (non-hydrogen) atoms. The fourth-order valence-corrected chi connectivity index (χ4v) is 3.22. The number of rotatable bonds is 5. The van der Waals surface area contributed by atoms with Crippen LogP contribution in [-0.4, -0.2) is 12.7 Å². The van der Waals surface area contributed by atoms with Crippen molar-refractivity contribution in [1.29, 1.82) is 0 Å². The Morgan fingerprint density at radius 2 is 2.07 bits per heavy atom. The van der Waals surface area contributed by atoms with Crippen LogP contribution in [0.4, 0.5) is 0 Å². The zero-order valence-electron chi connectivity index (χ0n) is 15.3. The predicted octanol–water partition coefficient (Wildman–Crippen LogP) is 5.11. The monoisotopic (exact) mass is 364 g/mol. The Bertz CT molecular complexity index is 1140. The van der Waals surface area contributed by atoms with E-state index in [1.807, 2.05) is 26.0 Å². The molecule has 4 rings (SSSR count). The number of ether oxygens (including phenoxy) is 2. The molecule has 0 bridgehead atoms. The maximum atomic E-state index is 11.5. The van der Waals surface area contributed by atoms with Crippen LogP contribution in [0.2, 0.25) is 0 Å². The molecule has 1 unspecified atom stereocenters. The third kappa shape index (κ3) is 3.40. The second kappa shape index (κ2) is 6.83. The first-order chi connectivity index (χ1) is 13.0. The number of fused-ring (bicyclic) bond motifs is 2. The quantitative estimate of drug-likeness (QED) is 0.465. The van der Waals surface area contributed by atoms with Gasteiger partial charge in [0, 0.05) is 18.6 Å². The van der Waals surface area contributed by atoms with E-state index in [4.69, 9.17) is 18.3 Å². The van der Waals surface area contributed by atoms with Crippen LogP contribution >= 0.6 is 0 Å². The van der Waals surface area contributed by atoms with Gasteiger partial charge in [0.2, 0.25) is 0 Å². The summed E-state index contributed by atoms with van der Waals surface area (Å²) in [6.07, 6.45) is 6.51. The Labute approximate surface area is 156 Å². The lowest BCUT2D eigenvalue weighted by Crippen LogP contribution is -2.05. The van der Waals surface area contributed by atoms with Crippen LogP contribution in [0.3, 0.4) is 0 Å². The molecule has 0 radical (unpaired) electrons. The lowest BCUT2D eigenvalue weighted by Gasteiger charge is -2.11. The lowest BCUT2D eigenvalue weighted by atomic mass is 10.1. The highest BCUT2D eigenvalue weighted by Crippen LogP contribution is 2.35. The van der Waals surface area contributed by atoms with Gasteiger partial charge in [-0.25, -0.2) is 4.79 Å². The predicted molar refractivity (Wildman–Crippen MR) is 104 cm³/mol. The maximum Gasteiger partial charge on any atom is 0.336 e. The van der Waals surface area contributed by atoms with Gasteiger partial charge in [-0.05, 0) is 43.7 Å². The highest BCUT2D eigenvalue weighted by molar-refractivity contribution is 6.01. The van der Waals surface area contributed by atoms with E-state index in [1.165, 1.54) is 6.07 Å². The van der Waals surface area contributed by atoms with Crippen molar-refractivity contribution in [3.05, 3.63) is 76.6 Å². The molecule has 5 nitrogen and oxygen atoms in total. The van der Waals surface area contributed by atoms with Gasteiger partial charge in [-0.1, -0.05) is 12.2 Å². The summed E-state index contributed by atoms with van der Waals surface area (Å²) in [7, 11) is 0. The molecule has 2 aromatic heterocycles. The first-order valence-electron chi connectivity index (χ1n) is 8.78. The van der Waals surface area contributed by atoms with Gasteiger partial charge < -0.3 is 18.3 Å². The summed E-state index contributed by atoms with van der Waals surface area (Å²) < 4.78 is 22.5. The van der Waals surface area contributed by atoms with E-state index in [0.29, 0.717) is 23.5 Å². The van der Waals surface area contributed by atoms with Crippen LogP contribution < -0.4 is 10.4 Å². The minimum Gasteiger partial charge on any atom is -0.488 e. The Kier molecular flexibility index (Phi) is 4.36. The third-order valence-corrected chi connectivity index (χ3v) is 4.66. The van der Waals surface area contributed by atoms with Crippen LogP contribution in [0, 0.1) is 0 Å². The molecule has 1 aliphatic heterocycles. The summed E-state index contributed by atoms with van der Waals surface area (Å²) in [6.45, 7) is 8.32. The number of furan rings is 1. The van der Waals surface area contributed by atoms with Crippen molar-refractivity contribution in [3.8, 4) is 5.75 Å². The zero-order chi connectivity index (χ0) is 19.0. The summed E-state index contributed by atoms with van der Waals surface area (Å²) in [4.78, 5) is 11.5. The van der Waals surface area contributed by atoms with Crippen LogP contribution in [0.25, 0.3) is 21.9 Å². The Hall–Kier alpha value is -3.21. The molecule has 3 heterocycles. The molecular weight excluding hydrogens is 344 g/mol. The SMILES string of the molecule is C=C1OC(C/C(C)=C/COc2c3ccoc3cc3oc(=O)ccc23)C=C1C. The molecule has 0 N–H and O–H groups in total. The van der Waals surface area contributed by atoms with Crippen molar-refractivity contribution in [2.75, 3.05) is 6.61 Å². The molecule has 1 atom stereocenters. The normalized spacial score (nSPS) is 17.4. The largest absolute Gasteiger partial charge is 0.488 e. The van der Waals surface area contributed by atoms with Gasteiger partial charge in [0.1, 0.15) is 35.4 Å². The molecule has 0 amide bonds. The summed E-state index contributed by atoms with van der Waals surface area (Å²) in [6, 6.07) is 6.66. The van der Waals surface area contributed by atoms with Crippen LogP contribution in [0.15, 0.2) is 79.8 Å². The van der Waals surface area contributed by atoms with Gasteiger partial charge in [0.15, 0.2) is 0 Å². The number of benzene rings is 1. The molecule has 3 aromatic rings. The smallest absolute Gasteiger partial charge is 0.336 e. The van der Waals surface area contributed by atoms with E-state index in [0.717, 1.165) is 34.1 Å². The van der Waals surface area contributed by atoms with Crippen LogP contribution in [-0.2, 0) is 4.74 Å². The van der Waals surface area contributed by atoms with Crippen molar-refractivity contribution < 1.29 is 18.3 Å². The minimum absolute atomic E-state index is 0.0289. The average Bonchev–Trinajstić information content (AvgIpc) is 3.20. The van der Waals surface area contributed by atoms with E-state index in [-0.39, 0.29) is 6.10 Å². The fourth-order valence-electron chi connectivity index (χ4n) is 3.22. The van der Waals surface area contributed by atoms with Crippen molar-refractivity contribution in [1.82, 2.24) is 0 Å². The van der Waals surface area contributed by atoms with E-state index < -0.39 is 5.63 Å². The van der Waals surface area contributed by atoms with Crippen LogP contribution in [0.1, 0.15) is 20.3 Å². The number of allylic oxidation sites excluding steroid dienone is 1. The van der Waals surface area contributed by atoms with Crippen molar-refractivity contribution in [2.45, 2.75) is 26.4 Å². The van der Waals surface area contributed by atoms with E-state index in [1.54, 1.807) is 18.4 Å². The van der Waals surface area contributed by atoms with Gasteiger partial charge in [0.25, 0.3) is 0 Å². The number of hydrogen-bond acceptors (Lipinski definition) is 5. The van der Waals surface area contributed by atoms with Gasteiger partial charge in [-0.15, -0.1) is 0 Å². The molecule has 0 fully saturated rings. The van der Waals surface area contributed by atoms with Gasteiger partial charge in [-0.2, -0.15) is 0 Å². The van der Waals surface area contributed by atoms with Gasteiger partial charge in [0.05, 0.1) is 17.0 Å². The van der Waals surface area contributed by atoms with Gasteiger partial charge >= 0.3 is 5.63 Å². The van der Waals surface area contributed by atoms with Crippen molar-refractivity contribution in [2.24, 2.45) is 0 Å². The Morgan fingerprint density at radius 1 is 1.26 bits per heavy atom. The maximum absolute atomic E-state index is 11.5. The minimum atomic E-state index is -0.406. The Morgan fingerprint density at radius 3 is 2.85 bits per heavy atom. The fraction of sp³-hybridized carbons (Fsp3) is 0.227. The van der Waals surface area contributed by atoms with E-state index in [9.17, 15) is 4.79 Å². The second-order valence-corrected chi connectivity index (χ2v) is 6.70. The molecule has 0 saturated heterocycles. The van der Waals surface area contributed by atoms with Gasteiger partial charge in [-0.3, -0.25) is 0 Å². The number of hydrogen-bond donors (Lipinski definition) is 0. The second-order valence-electron chi connectivity index (χ2n) is 6.70. The topological polar surface area (TPSA) is 61.8 Å². The lowest BCUT2D eigenvalue weighted by molar-refractivity contribution is 0.181. The average molecular weight is 364 g/mol. The summed E-state index contributed by atoms with van der Waals surface area (Å²) in [5.74, 6) is 1.38. The molecule has 0 aliphatic carbocycles. The third-order valence-electron chi connectivity index (χ3n) is 4.66. The first kappa shape index (κ1) is 17.2. The standard InChI is InChI=1S/C22H20O5/c1-13(10-16-11-14(2)15(3)26-16)6-8-25-22-17-4-5-21(23)27-20(17)12-19-18(22)7-9-24-19/h4-7,9,11-12,16H,3,8,10H2,1-2H3/b13-6+. The van der Waals surface area contributed by atoms with Crippen molar-refractivity contribution >= 4 is 21.9 Å². The van der Waals surface area contributed by atoms with Crippen LogP contribution in [0.5, 0.6) is 5.75 Å². The summed E-state index contributed by atoms with van der Waals surface area (Å²) in [5, 5.41) is 1.58. The molecule has 138 valence electrons. The summed E-state index contributed by atoms with van der Waals surface area (Å²) >= 11 is 0. The highest BCUT2D eigenvalue weighted by atomic mass is 16.5. The first-order valence-corrected chi connectivity index (χ1v) is 8.78. The summed E-state index contributed by atoms with van der Waals surface area (Å²) in [5.41, 5.74) is 2.90.